The first-order chi connectivity index (χ1) is 16.8. The average Bonchev–Trinajstić information content (AvgIpc) is 3.56. The summed E-state index contributed by atoms with van der Waals surface area (Å²) < 4.78 is 0. The highest BCUT2D eigenvalue weighted by Crippen LogP contribution is 2.53. The molecule has 0 aromatic heterocycles. The van der Waals surface area contributed by atoms with Gasteiger partial charge in [-0.2, -0.15) is 5.01 Å². The second kappa shape index (κ2) is 8.57. The molecular weight excluding hydrogens is 450 g/mol. The van der Waals surface area contributed by atoms with Crippen molar-refractivity contribution in [3.63, 3.8) is 0 Å². The van der Waals surface area contributed by atoms with E-state index >= 15 is 0 Å². The zero-order valence-corrected chi connectivity index (χ0v) is 18.9. The zero-order valence-electron chi connectivity index (χ0n) is 18.9. The van der Waals surface area contributed by atoms with Gasteiger partial charge in [-0.15, -0.1) is 0 Å². The molecule has 0 unspecified atom stereocenters. The molecule has 2 aromatic rings. The minimum absolute atomic E-state index is 0.0358. The van der Waals surface area contributed by atoms with Gasteiger partial charge in [0.2, 0.25) is 0 Å². The van der Waals surface area contributed by atoms with Gasteiger partial charge in [-0.1, -0.05) is 49.4 Å². The fraction of sp³-hybridized carbons (Fsp3) is 0.308. The molecule has 2 bridgehead atoms. The molecule has 2 aromatic carbocycles. The number of fused-ring (bicyclic) bond motifs is 5. The Morgan fingerprint density at radius 1 is 0.971 bits per heavy atom. The number of benzene rings is 2. The van der Waals surface area contributed by atoms with Crippen LogP contribution in [0.15, 0.2) is 66.7 Å². The number of non-ortho nitro benzene ring substituents is 1. The van der Waals surface area contributed by atoms with Crippen LogP contribution in [0, 0.1) is 33.8 Å². The highest BCUT2D eigenvalue weighted by atomic mass is 16.6. The summed E-state index contributed by atoms with van der Waals surface area (Å²) >= 11 is 0. The number of hydrogen-bond acceptors (Lipinski definition) is 6. The molecule has 5 rings (SSSR count). The molecule has 2 aliphatic carbocycles. The molecule has 1 saturated heterocycles. The van der Waals surface area contributed by atoms with Crippen LogP contribution in [0.4, 0.5) is 5.69 Å². The first kappa shape index (κ1) is 22.6. The van der Waals surface area contributed by atoms with E-state index in [4.69, 9.17) is 0 Å². The predicted molar refractivity (Wildman–Crippen MR) is 124 cm³/mol. The molecule has 9 heteroatoms. The third-order valence-electron chi connectivity index (χ3n) is 7.24. The number of amides is 3. The first-order valence-electron chi connectivity index (χ1n) is 11.6. The van der Waals surface area contributed by atoms with E-state index in [2.05, 4.69) is 0 Å². The largest absolute Gasteiger partial charge is 0.292 e. The Morgan fingerprint density at radius 2 is 1.54 bits per heavy atom. The Bertz CT molecular complexity index is 1230. The summed E-state index contributed by atoms with van der Waals surface area (Å²) in [5.74, 6) is -3.32. The van der Waals surface area contributed by atoms with E-state index in [-0.39, 0.29) is 29.5 Å². The van der Waals surface area contributed by atoms with Gasteiger partial charge in [0.05, 0.1) is 16.8 Å². The Kier molecular flexibility index (Phi) is 5.55. The van der Waals surface area contributed by atoms with Crippen LogP contribution in [-0.2, 0) is 9.59 Å². The fourth-order valence-corrected chi connectivity index (χ4v) is 5.59. The molecule has 1 aliphatic heterocycles. The van der Waals surface area contributed by atoms with Crippen molar-refractivity contribution in [2.45, 2.75) is 25.8 Å². The lowest BCUT2D eigenvalue weighted by Gasteiger charge is -2.36. The summed E-state index contributed by atoms with van der Waals surface area (Å²) in [6.07, 6.45) is 4.80. The van der Waals surface area contributed by atoms with Crippen molar-refractivity contribution < 1.29 is 24.1 Å². The molecule has 1 saturated carbocycles. The van der Waals surface area contributed by atoms with Gasteiger partial charge in [-0.3, -0.25) is 29.3 Å². The van der Waals surface area contributed by atoms with Crippen LogP contribution in [0.25, 0.3) is 0 Å². The third-order valence-corrected chi connectivity index (χ3v) is 7.24. The van der Waals surface area contributed by atoms with Crippen molar-refractivity contribution in [3.8, 4) is 0 Å². The summed E-state index contributed by atoms with van der Waals surface area (Å²) in [4.78, 5) is 64.9. The van der Waals surface area contributed by atoms with E-state index in [0.29, 0.717) is 5.56 Å². The summed E-state index contributed by atoms with van der Waals surface area (Å²) in [5.41, 5.74) is 0.182. The summed E-state index contributed by atoms with van der Waals surface area (Å²) in [6.45, 7) is 1.71. The second-order valence-electron chi connectivity index (χ2n) is 9.10. The number of nitro groups is 1. The fourth-order valence-electron chi connectivity index (χ4n) is 5.59. The standard InChI is InChI=1S/C26H23N3O6/c1-2-20(23(30)15-6-4-3-5-7-15)27(24(31)16-10-12-19(13-11-16)29(34)35)28-25(32)21-17-8-9-18(14-17)22(21)26(28)33/h3-13,17-18,20-22H,2,14H2,1H3/t17-,18-,20+,21-,22-/m0/s1. The molecule has 0 N–H and O–H groups in total. The number of nitrogens with zero attached hydrogens (tertiary/aromatic N) is 3. The first-order valence-corrected chi connectivity index (χ1v) is 11.6. The van der Waals surface area contributed by atoms with Crippen molar-refractivity contribution in [2.24, 2.45) is 23.7 Å². The number of rotatable bonds is 7. The van der Waals surface area contributed by atoms with E-state index in [1.807, 2.05) is 12.2 Å². The molecule has 35 heavy (non-hydrogen) atoms. The lowest BCUT2D eigenvalue weighted by atomic mass is 9.85. The maximum atomic E-state index is 13.8. The number of carbonyl (C=O) groups is 4. The van der Waals surface area contributed by atoms with E-state index in [9.17, 15) is 29.3 Å². The van der Waals surface area contributed by atoms with Gasteiger partial charge < -0.3 is 0 Å². The zero-order chi connectivity index (χ0) is 24.9. The van der Waals surface area contributed by atoms with Crippen LogP contribution in [0.3, 0.4) is 0 Å². The number of hydrazine groups is 1. The molecule has 3 aliphatic rings. The molecule has 178 valence electrons. The number of imide groups is 1. The summed E-state index contributed by atoms with van der Waals surface area (Å²) in [7, 11) is 0. The van der Waals surface area contributed by atoms with Crippen molar-refractivity contribution in [1.82, 2.24) is 10.0 Å². The van der Waals surface area contributed by atoms with Crippen molar-refractivity contribution in [3.05, 3.63) is 88.0 Å². The number of Topliss-reactive ketones (excluding diaryl/α,β-unsaturated/α-hetero) is 1. The molecule has 1 heterocycles. The van der Waals surface area contributed by atoms with Gasteiger partial charge in [0.15, 0.2) is 5.78 Å². The van der Waals surface area contributed by atoms with E-state index in [1.165, 1.54) is 24.3 Å². The molecule has 9 nitrogen and oxygen atoms in total. The predicted octanol–water partition coefficient (Wildman–Crippen LogP) is 3.42. The number of hydrogen-bond donors (Lipinski definition) is 0. The van der Waals surface area contributed by atoms with E-state index in [0.717, 1.165) is 16.4 Å². The number of carbonyl (C=O) groups excluding carboxylic acids is 4. The highest BCUT2D eigenvalue weighted by molar-refractivity contribution is 6.11. The monoisotopic (exact) mass is 473 g/mol. The normalized spacial score (nSPS) is 25.0. The van der Waals surface area contributed by atoms with Gasteiger partial charge in [0, 0.05) is 23.3 Å². The lowest BCUT2D eigenvalue weighted by molar-refractivity contribution is -0.384. The smallest absolute Gasteiger partial charge is 0.273 e. The molecular formula is C26H23N3O6. The topological polar surface area (TPSA) is 118 Å². The van der Waals surface area contributed by atoms with Crippen molar-refractivity contribution >= 4 is 29.2 Å². The molecule has 0 radical (unpaired) electrons. The Hall–Kier alpha value is -4.14. The third kappa shape index (κ3) is 3.54. The van der Waals surface area contributed by atoms with Crippen molar-refractivity contribution in [2.75, 3.05) is 0 Å². The number of nitro benzene ring substituents is 1. The highest BCUT2D eigenvalue weighted by Gasteiger charge is 2.62. The lowest BCUT2D eigenvalue weighted by Crippen LogP contribution is -2.57. The SMILES string of the molecule is CC[C@H](C(=O)c1ccccc1)N(C(=O)c1ccc([N+](=O)[O-])cc1)N1C(=O)[C@@H]2[C@@H](C1=O)[C@H]1C=C[C@H]2C1. The molecule has 3 amide bonds. The van der Waals surface area contributed by atoms with Crippen LogP contribution in [-0.4, -0.2) is 44.5 Å². The Labute approximate surface area is 201 Å². The van der Waals surface area contributed by atoms with Crippen molar-refractivity contribution in [1.29, 1.82) is 0 Å². The van der Waals surface area contributed by atoms with Crippen LogP contribution in [0.1, 0.15) is 40.5 Å². The quantitative estimate of drug-likeness (QED) is 0.200. The van der Waals surface area contributed by atoms with Crippen LogP contribution < -0.4 is 0 Å². The number of ketones is 1. The van der Waals surface area contributed by atoms with Crippen LogP contribution >= 0.6 is 0 Å². The maximum absolute atomic E-state index is 13.8. The van der Waals surface area contributed by atoms with Gasteiger partial charge in [-0.25, -0.2) is 5.01 Å². The average molecular weight is 473 g/mol. The Morgan fingerprint density at radius 3 is 2.06 bits per heavy atom. The van der Waals surface area contributed by atoms with E-state index in [1.54, 1.807) is 37.3 Å². The van der Waals surface area contributed by atoms with Crippen LogP contribution in [0.2, 0.25) is 0 Å². The molecule has 2 fully saturated rings. The maximum Gasteiger partial charge on any atom is 0.273 e. The second-order valence-corrected chi connectivity index (χ2v) is 9.10. The van der Waals surface area contributed by atoms with Gasteiger partial charge in [0.1, 0.15) is 6.04 Å². The van der Waals surface area contributed by atoms with E-state index < -0.39 is 46.3 Å². The van der Waals surface area contributed by atoms with Gasteiger partial charge in [-0.05, 0) is 36.8 Å². The molecule has 0 spiro atoms. The minimum Gasteiger partial charge on any atom is -0.292 e. The molecule has 5 atom stereocenters. The minimum atomic E-state index is -1.11. The van der Waals surface area contributed by atoms with Gasteiger partial charge in [0.25, 0.3) is 23.4 Å². The summed E-state index contributed by atoms with van der Waals surface area (Å²) in [6, 6.07) is 12.2. The van der Waals surface area contributed by atoms with Crippen LogP contribution in [0.5, 0.6) is 0 Å². The number of allylic oxidation sites excluding steroid dienone is 2. The summed E-state index contributed by atoms with van der Waals surface area (Å²) in [5, 5.41) is 12.9. The van der Waals surface area contributed by atoms with Gasteiger partial charge >= 0.3 is 0 Å². The Balaban J connectivity index is 1.57.